The maximum absolute atomic E-state index is 5.93. The second-order valence-corrected chi connectivity index (χ2v) is 7.33. The molecular formula is C20H14BrN7O. The molecule has 3 aromatic heterocycles. The second kappa shape index (κ2) is 7.10. The van der Waals surface area contributed by atoms with Gasteiger partial charge in [-0.3, -0.25) is 4.40 Å². The predicted octanol–water partition coefficient (Wildman–Crippen LogP) is 4.67. The van der Waals surface area contributed by atoms with E-state index in [-0.39, 0.29) is 0 Å². The standard InChI is InChI=1S/C20H14BrN7O/c1-12-6-14(26-20-15-7-13(21)2-4-16(15)22-9-23-20)3-5-17(12)29-19-8-18-27-25-11-28(18)10-24-19/h2-11H,1H3,(H,22,23,26). The Morgan fingerprint density at radius 1 is 1.00 bits per heavy atom. The Morgan fingerprint density at radius 3 is 2.83 bits per heavy atom. The van der Waals surface area contributed by atoms with Gasteiger partial charge in [-0.2, -0.15) is 0 Å². The lowest BCUT2D eigenvalue weighted by Crippen LogP contribution is -1.98. The fraction of sp³-hybridized carbons (Fsp3) is 0.0500. The molecule has 0 aliphatic carbocycles. The number of halogens is 1. The topological polar surface area (TPSA) is 90.1 Å². The first-order valence-electron chi connectivity index (χ1n) is 8.77. The molecule has 0 bridgehead atoms. The molecule has 1 N–H and O–H groups in total. The number of hydrogen-bond donors (Lipinski definition) is 1. The molecule has 9 heteroatoms. The van der Waals surface area contributed by atoms with Crippen LogP contribution in [0, 0.1) is 6.92 Å². The van der Waals surface area contributed by atoms with E-state index in [0.717, 1.165) is 32.4 Å². The van der Waals surface area contributed by atoms with Gasteiger partial charge >= 0.3 is 0 Å². The van der Waals surface area contributed by atoms with Gasteiger partial charge in [0.25, 0.3) is 0 Å². The number of hydrogen-bond acceptors (Lipinski definition) is 7. The van der Waals surface area contributed by atoms with Crippen molar-refractivity contribution in [1.29, 1.82) is 0 Å². The molecule has 0 spiro atoms. The molecule has 0 amide bonds. The molecule has 0 fully saturated rings. The number of nitrogens with zero attached hydrogens (tertiary/aromatic N) is 6. The molecule has 0 saturated carbocycles. The third kappa shape index (κ3) is 3.47. The summed E-state index contributed by atoms with van der Waals surface area (Å²) < 4.78 is 8.62. The lowest BCUT2D eigenvalue weighted by molar-refractivity contribution is 0.458. The molecule has 3 heterocycles. The molecule has 5 aromatic rings. The summed E-state index contributed by atoms with van der Waals surface area (Å²) in [6.07, 6.45) is 4.76. The maximum atomic E-state index is 5.93. The Balaban J connectivity index is 1.42. The average molecular weight is 448 g/mol. The van der Waals surface area contributed by atoms with Gasteiger partial charge in [0.2, 0.25) is 5.88 Å². The summed E-state index contributed by atoms with van der Waals surface area (Å²) in [5.41, 5.74) is 3.40. The molecule has 5 rings (SSSR count). The highest BCUT2D eigenvalue weighted by atomic mass is 79.9. The monoisotopic (exact) mass is 447 g/mol. The van der Waals surface area contributed by atoms with Gasteiger partial charge in [0.1, 0.15) is 30.5 Å². The first-order chi connectivity index (χ1) is 14.2. The van der Waals surface area contributed by atoms with Crippen LogP contribution in [0.1, 0.15) is 5.56 Å². The number of nitrogens with one attached hydrogen (secondary N) is 1. The third-order valence-corrected chi connectivity index (χ3v) is 4.91. The molecule has 0 unspecified atom stereocenters. The van der Waals surface area contributed by atoms with Gasteiger partial charge in [0.05, 0.1) is 5.52 Å². The summed E-state index contributed by atoms with van der Waals surface area (Å²) in [4.78, 5) is 13.0. The lowest BCUT2D eigenvalue weighted by Gasteiger charge is -2.12. The van der Waals surface area contributed by atoms with Crippen molar-refractivity contribution in [2.75, 3.05) is 5.32 Å². The van der Waals surface area contributed by atoms with Crippen LogP contribution < -0.4 is 10.1 Å². The molecule has 0 aliphatic heterocycles. The molecule has 2 aromatic carbocycles. The van der Waals surface area contributed by atoms with Gasteiger partial charge in [-0.25, -0.2) is 15.0 Å². The van der Waals surface area contributed by atoms with Crippen LogP contribution in [0.4, 0.5) is 11.5 Å². The number of fused-ring (bicyclic) bond motifs is 2. The number of benzene rings is 2. The smallest absolute Gasteiger partial charge is 0.224 e. The Hall–Kier alpha value is -3.59. The number of rotatable bonds is 4. The molecule has 8 nitrogen and oxygen atoms in total. The summed E-state index contributed by atoms with van der Waals surface area (Å²) in [5.74, 6) is 1.91. The van der Waals surface area contributed by atoms with Crippen LogP contribution in [0.5, 0.6) is 11.6 Å². The highest BCUT2D eigenvalue weighted by Gasteiger charge is 2.08. The second-order valence-electron chi connectivity index (χ2n) is 6.41. The minimum Gasteiger partial charge on any atom is -0.439 e. The predicted molar refractivity (Wildman–Crippen MR) is 113 cm³/mol. The van der Waals surface area contributed by atoms with Crippen molar-refractivity contribution in [3.8, 4) is 11.6 Å². The summed E-state index contributed by atoms with van der Waals surface area (Å²) >= 11 is 3.50. The van der Waals surface area contributed by atoms with Gasteiger partial charge in [0.15, 0.2) is 5.65 Å². The molecule has 142 valence electrons. The number of ether oxygens (including phenoxy) is 1. The van der Waals surface area contributed by atoms with Crippen molar-refractivity contribution in [1.82, 2.24) is 29.5 Å². The molecule has 0 saturated heterocycles. The van der Waals surface area contributed by atoms with Gasteiger partial charge < -0.3 is 10.1 Å². The van der Waals surface area contributed by atoms with E-state index in [4.69, 9.17) is 4.74 Å². The van der Waals surface area contributed by atoms with Crippen LogP contribution in [-0.2, 0) is 0 Å². The third-order valence-electron chi connectivity index (χ3n) is 4.41. The Kier molecular flexibility index (Phi) is 4.28. The van der Waals surface area contributed by atoms with Crippen LogP contribution in [-0.4, -0.2) is 29.5 Å². The average Bonchev–Trinajstić information content (AvgIpc) is 3.18. The number of aromatic nitrogens is 6. The van der Waals surface area contributed by atoms with E-state index in [9.17, 15) is 0 Å². The summed E-state index contributed by atoms with van der Waals surface area (Å²) in [7, 11) is 0. The van der Waals surface area contributed by atoms with Crippen LogP contribution in [0.2, 0.25) is 0 Å². The van der Waals surface area contributed by atoms with E-state index >= 15 is 0 Å². The molecular weight excluding hydrogens is 434 g/mol. The zero-order valence-electron chi connectivity index (χ0n) is 15.2. The molecule has 0 radical (unpaired) electrons. The van der Waals surface area contributed by atoms with E-state index in [0.29, 0.717) is 17.3 Å². The van der Waals surface area contributed by atoms with Crippen LogP contribution >= 0.6 is 15.9 Å². The van der Waals surface area contributed by atoms with E-state index in [1.54, 1.807) is 29.4 Å². The van der Waals surface area contributed by atoms with Gasteiger partial charge in [0, 0.05) is 21.6 Å². The first kappa shape index (κ1) is 17.5. The Bertz CT molecular complexity index is 1350. The van der Waals surface area contributed by atoms with E-state index in [2.05, 4.69) is 46.4 Å². The minimum absolute atomic E-state index is 0.459. The van der Waals surface area contributed by atoms with E-state index in [1.807, 2.05) is 43.3 Å². The van der Waals surface area contributed by atoms with E-state index < -0.39 is 0 Å². The van der Waals surface area contributed by atoms with E-state index in [1.165, 1.54) is 0 Å². The number of anilines is 2. The number of aryl methyl sites for hydroxylation is 1. The fourth-order valence-electron chi connectivity index (χ4n) is 2.99. The van der Waals surface area contributed by atoms with Crippen molar-refractivity contribution in [2.24, 2.45) is 0 Å². The Morgan fingerprint density at radius 2 is 1.93 bits per heavy atom. The lowest BCUT2D eigenvalue weighted by atomic mass is 10.2. The highest BCUT2D eigenvalue weighted by molar-refractivity contribution is 9.10. The molecule has 0 aliphatic rings. The summed E-state index contributed by atoms with van der Waals surface area (Å²) in [6.45, 7) is 1.98. The van der Waals surface area contributed by atoms with Crippen LogP contribution in [0.15, 0.2) is 65.9 Å². The van der Waals surface area contributed by atoms with Crippen molar-refractivity contribution in [2.45, 2.75) is 6.92 Å². The summed E-state index contributed by atoms with van der Waals surface area (Å²) in [6, 6.07) is 13.5. The normalized spacial score (nSPS) is 11.1. The van der Waals surface area contributed by atoms with Gasteiger partial charge in [-0.1, -0.05) is 15.9 Å². The highest BCUT2D eigenvalue weighted by Crippen LogP contribution is 2.30. The van der Waals surface area contributed by atoms with Crippen molar-refractivity contribution < 1.29 is 4.74 Å². The summed E-state index contributed by atoms with van der Waals surface area (Å²) in [5, 5.41) is 12.1. The van der Waals surface area contributed by atoms with Crippen molar-refractivity contribution >= 4 is 44.0 Å². The quantitative estimate of drug-likeness (QED) is 0.427. The van der Waals surface area contributed by atoms with Gasteiger partial charge in [-0.05, 0) is 48.9 Å². The van der Waals surface area contributed by atoms with Crippen LogP contribution in [0.3, 0.4) is 0 Å². The Labute approximate surface area is 173 Å². The van der Waals surface area contributed by atoms with Crippen LogP contribution in [0.25, 0.3) is 16.6 Å². The maximum Gasteiger partial charge on any atom is 0.224 e. The minimum atomic E-state index is 0.459. The van der Waals surface area contributed by atoms with Gasteiger partial charge in [-0.15, -0.1) is 10.2 Å². The van der Waals surface area contributed by atoms with Crippen molar-refractivity contribution in [3.63, 3.8) is 0 Å². The SMILES string of the molecule is Cc1cc(Nc2ncnc3ccc(Br)cc23)ccc1Oc1cc2nncn2cn1. The first-order valence-corrected chi connectivity index (χ1v) is 9.56. The molecule has 29 heavy (non-hydrogen) atoms. The zero-order chi connectivity index (χ0) is 19.8. The molecule has 0 atom stereocenters. The zero-order valence-corrected chi connectivity index (χ0v) is 16.8. The van der Waals surface area contributed by atoms with Crippen molar-refractivity contribution in [3.05, 3.63) is 71.5 Å². The fourth-order valence-corrected chi connectivity index (χ4v) is 3.35. The largest absolute Gasteiger partial charge is 0.439 e.